The molecule has 3 aromatic carbocycles. The highest BCUT2D eigenvalue weighted by atomic mass is 35.5. The Kier molecular flexibility index (Phi) is 6.09. The second kappa shape index (κ2) is 8.71. The number of hydrogen-bond acceptors (Lipinski definition) is 4. The Bertz CT molecular complexity index is 1230. The molecule has 0 saturated carbocycles. The van der Waals surface area contributed by atoms with Crippen LogP contribution in [0.25, 0.3) is 22.0 Å². The molecule has 30 heavy (non-hydrogen) atoms. The van der Waals surface area contributed by atoms with E-state index in [0.29, 0.717) is 33.4 Å². The Balaban J connectivity index is 0.00000256. The molecule has 0 saturated heterocycles. The average Bonchev–Trinajstić information content (AvgIpc) is 2.73. The Morgan fingerprint density at radius 1 is 0.967 bits per heavy atom. The van der Waals surface area contributed by atoms with Gasteiger partial charge in [-0.1, -0.05) is 48.5 Å². The largest absolute Gasteiger partial charge is 0.322 e. The molecular formula is C23H18ClN3O3. The van der Waals surface area contributed by atoms with Crippen LogP contribution in [0.15, 0.2) is 78.9 Å². The van der Waals surface area contributed by atoms with Crippen molar-refractivity contribution in [1.82, 2.24) is 4.98 Å². The van der Waals surface area contributed by atoms with E-state index in [1.807, 2.05) is 48.5 Å². The van der Waals surface area contributed by atoms with Gasteiger partial charge >= 0.3 is 0 Å². The Morgan fingerprint density at radius 3 is 2.23 bits per heavy atom. The molecule has 0 spiro atoms. The molecule has 4 rings (SSSR count). The lowest BCUT2D eigenvalue weighted by atomic mass is 9.93. The van der Waals surface area contributed by atoms with E-state index in [2.05, 4.69) is 10.3 Å². The molecule has 1 amide bonds. The molecule has 150 valence electrons. The van der Waals surface area contributed by atoms with Crippen molar-refractivity contribution in [2.24, 2.45) is 0 Å². The second-order valence-corrected chi connectivity index (χ2v) is 6.59. The summed E-state index contributed by atoms with van der Waals surface area (Å²) in [6.07, 6.45) is 0. The van der Waals surface area contributed by atoms with Crippen LogP contribution in [0.4, 0.5) is 11.4 Å². The highest BCUT2D eigenvalue weighted by Gasteiger charge is 2.22. The van der Waals surface area contributed by atoms with Crippen molar-refractivity contribution in [2.45, 2.75) is 6.92 Å². The van der Waals surface area contributed by atoms with Crippen LogP contribution < -0.4 is 5.32 Å². The van der Waals surface area contributed by atoms with Crippen LogP contribution in [0.3, 0.4) is 0 Å². The Labute approximate surface area is 179 Å². The number of non-ortho nitro benzene ring substituents is 1. The predicted molar refractivity (Wildman–Crippen MR) is 120 cm³/mol. The second-order valence-electron chi connectivity index (χ2n) is 6.59. The number of nitro groups is 1. The van der Waals surface area contributed by atoms with Gasteiger partial charge in [0, 0.05) is 28.8 Å². The number of carbonyl (C=O) groups excluding carboxylic acids is 1. The number of anilines is 1. The topological polar surface area (TPSA) is 85.1 Å². The molecule has 1 N–H and O–H groups in total. The molecule has 1 aromatic heterocycles. The van der Waals surface area contributed by atoms with Gasteiger partial charge in [-0.2, -0.15) is 0 Å². The lowest BCUT2D eigenvalue weighted by Gasteiger charge is -2.16. The summed E-state index contributed by atoms with van der Waals surface area (Å²) in [5.74, 6) is -0.312. The number of nitro benzene ring substituents is 1. The number of hydrogen-bond donors (Lipinski definition) is 1. The molecule has 0 radical (unpaired) electrons. The zero-order chi connectivity index (χ0) is 20.4. The Hall–Kier alpha value is -3.77. The third-order valence-electron chi connectivity index (χ3n) is 4.68. The van der Waals surface area contributed by atoms with Gasteiger partial charge in [0.1, 0.15) is 0 Å². The summed E-state index contributed by atoms with van der Waals surface area (Å²) in [5, 5.41) is 14.8. The summed E-state index contributed by atoms with van der Waals surface area (Å²) < 4.78 is 0. The number of rotatable bonds is 4. The highest BCUT2D eigenvalue weighted by Crippen LogP contribution is 2.35. The van der Waals surface area contributed by atoms with Gasteiger partial charge < -0.3 is 5.32 Å². The van der Waals surface area contributed by atoms with Crippen LogP contribution in [-0.4, -0.2) is 15.8 Å². The molecule has 0 bridgehead atoms. The van der Waals surface area contributed by atoms with Gasteiger partial charge in [0.15, 0.2) is 0 Å². The van der Waals surface area contributed by atoms with E-state index in [-0.39, 0.29) is 24.0 Å². The van der Waals surface area contributed by atoms with E-state index in [0.717, 1.165) is 5.56 Å². The SMILES string of the molecule is Cc1nc2ccc([N+](=O)[O-])cc2c(-c2ccccc2)c1C(=O)Nc1ccccc1.Cl. The number of amides is 1. The third-order valence-corrected chi connectivity index (χ3v) is 4.68. The standard InChI is InChI=1S/C23H17N3O3.ClH/c1-15-21(23(27)25-17-10-6-3-7-11-17)22(16-8-4-2-5-9-16)19-14-18(26(28)29)12-13-20(19)24-15;/h2-14H,1H3,(H,25,27);1H. The van der Waals surface area contributed by atoms with E-state index in [4.69, 9.17) is 0 Å². The van der Waals surface area contributed by atoms with Crippen LogP contribution in [0, 0.1) is 17.0 Å². The maximum atomic E-state index is 13.2. The van der Waals surface area contributed by atoms with Crippen LogP contribution in [0.1, 0.15) is 16.1 Å². The van der Waals surface area contributed by atoms with Gasteiger partial charge in [-0.3, -0.25) is 19.9 Å². The van der Waals surface area contributed by atoms with Crippen LogP contribution >= 0.6 is 12.4 Å². The first-order chi connectivity index (χ1) is 14.0. The first-order valence-corrected chi connectivity index (χ1v) is 9.05. The third kappa shape index (κ3) is 3.99. The molecule has 0 aliphatic rings. The summed E-state index contributed by atoms with van der Waals surface area (Å²) in [7, 11) is 0. The van der Waals surface area contributed by atoms with Crippen molar-refractivity contribution < 1.29 is 9.72 Å². The normalized spacial score (nSPS) is 10.3. The van der Waals surface area contributed by atoms with Crippen molar-refractivity contribution in [3.8, 4) is 11.1 Å². The lowest BCUT2D eigenvalue weighted by Crippen LogP contribution is -2.16. The number of nitrogens with one attached hydrogen (secondary N) is 1. The maximum Gasteiger partial charge on any atom is 0.270 e. The number of fused-ring (bicyclic) bond motifs is 1. The van der Waals surface area contributed by atoms with Gasteiger partial charge in [0.25, 0.3) is 11.6 Å². The fraction of sp³-hybridized carbons (Fsp3) is 0.0435. The van der Waals surface area contributed by atoms with Crippen molar-refractivity contribution in [1.29, 1.82) is 0 Å². The minimum Gasteiger partial charge on any atom is -0.322 e. The van der Waals surface area contributed by atoms with E-state index >= 15 is 0 Å². The van der Waals surface area contributed by atoms with Crippen molar-refractivity contribution in [3.05, 3.63) is 100 Å². The number of para-hydroxylation sites is 1. The molecule has 0 fully saturated rings. The van der Waals surface area contributed by atoms with Gasteiger partial charge in [-0.15, -0.1) is 12.4 Å². The van der Waals surface area contributed by atoms with Crippen LogP contribution in [-0.2, 0) is 0 Å². The molecule has 1 heterocycles. The number of halogens is 1. The van der Waals surface area contributed by atoms with Crippen molar-refractivity contribution in [2.75, 3.05) is 5.32 Å². The molecule has 0 aliphatic carbocycles. The zero-order valence-corrected chi connectivity index (χ0v) is 16.8. The highest BCUT2D eigenvalue weighted by molar-refractivity contribution is 6.14. The number of pyridine rings is 1. The van der Waals surface area contributed by atoms with Crippen molar-refractivity contribution in [3.63, 3.8) is 0 Å². The van der Waals surface area contributed by atoms with Gasteiger partial charge in [0.2, 0.25) is 0 Å². The van der Waals surface area contributed by atoms with Gasteiger partial charge in [0.05, 0.1) is 21.7 Å². The van der Waals surface area contributed by atoms with E-state index in [1.165, 1.54) is 12.1 Å². The van der Waals surface area contributed by atoms with E-state index in [9.17, 15) is 14.9 Å². The average molecular weight is 420 g/mol. The minimum absolute atomic E-state index is 0. The summed E-state index contributed by atoms with van der Waals surface area (Å²) >= 11 is 0. The van der Waals surface area contributed by atoms with Gasteiger partial charge in [-0.25, -0.2) is 0 Å². The summed E-state index contributed by atoms with van der Waals surface area (Å²) in [6.45, 7) is 1.77. The molecule has 7 heteroatoms. The summed E-state index contributed by atoms with van der Waals surface area (Å²) in [5.41, 5.74) is 3.59. The molecule has 6 nitrogen and oxygen atoms in total. The smallest absolute Gasteiger partial charge is 0.270 e. The first-order valence-electron chi connectivity index (χ1n) is 9.05. The predicted octanol–water partition coefficient (Wildman–Crippen LogP) is 5.79. The fourth-order valence-corrected chi connectivity index (χ4v) is 3.39. The lowest BCUT2D eigenvalue weighted by molar-refractivity contribution is -0.384. The first kappa shape index (κ1) is 21.0. The minimum atomic E-state index is -0.447. The van der Waals surface area contributed by atoms with E-state index in [1.54, 1.807) is 25.1 Å². The van der Waals surface area contributed by atoms with Crippen LogP contribution in [0.5, 0.6) is 0 Å². The van der Waals surface area contributed by atoms with Gasteiger partial charge in [-0.05, 0) is 30.7 Å². The number of nitrogens with zero attached hydrogens (tertiary/aromatic N) is 2. The number of aryl methyl sites for hydroxylation is 1. The zero-order valence-electron chi connectivity index (χ0n) is 16.0. The van der Waals surface area contributed by atoms with Crippen molar-refractivity contribution >= 4 is 40.6 Å². The Morgan fingerprint density at radius 2 is 1.60 bits per heavy atom. The summed E-state index contributed by atoms with van der Waals surface area (Å²) in [6, 6.07) is 23.0. The number of carbonyl (C=O) groups is 1. The van der Waals surface area contributed by atoms with Crippen LogP contribution in [0.2, 0.25) is 0 Å². The molecular weight excluding hydrogens is 402 g/mol. The monoisotopic (exact) mass is 419 g/mol. The summed E-state index contributed by atoms with van der Waals surface area (Å²) in [4.78, 5) is 28.6. The molecule has 0 aliphatic heterocycles. The molecule has 0 atom stereocenters. The maximum absolute atomic E-state index is 13.2. The van der Waals surface area contributed by atoms with E-state index < -0.39 is 4.92 Å². The quantitative estimate of drug-likeness (QED) is 0.335. The molecule has 4 aromatic rings. The number of benzene rings is 3. The molecule has 0 unspecified atom stereocenters. The fourth-order valence-electron chi connectivity index (χ4n) is 3.39. The number of aromatic nitrogens is 1.